The van der Waals surface area contributed by atoms with Crippen LogP contribution >= 0.6 is 0 Å². The Hall–Kier alpha value is -0.570. The Morgan fingerprint density at radius 2 is 2.07 bits per heavy atom. The van der Waals surface area contributed by atoms with Crippen molar-refractivity contribution >= 4 is 5.91 Å². The van der Waals surface area contributed by atoms with Gasteiger partial charge in [-0.2, -0.15) is 0 Å². The second-order valence-corrected chi connectivity index (χ2v) is 5.80. The van der Waals surface area contributed by atoms with E-state index >= 15 is 0 Å². The van der Waals surface area contributed by atoms with E-state index in [0.29, 0.717) is 0 Å². The quantitative estimate of drug-likeness (QED) is 0.747. The molecule has 2 atom stereocenters. The van der Waals surface area contributed by atoms with Gasteiger partial charge in [-0.15, -0.1) is 0 Å². The third-order valence-corrected chi connectivity index (χ3v) is 3.08. The molecule has 0 aliphatic heterocycles. The molecule has 0 aromatic heterocycles. The molecule has 3 heteroatoms. The van der Waals surface area contributed by atoms with Crippen molar-refractivity contribution in [1.82, 2.24) is 5.32 Å². The van der Waals surface area contributed by atoms with Crippen LogP contribution in [0.4, 0.5) is 0 Å². The summed E-state index contributed by atoms with van der Waals surface area (Å²) < 4.78 is 0. The molecule has 0 radical (unpaired) electrons. The number of hydrogen-bond acceptors (Lipinski definition) is 2. The lowest BCUT2D eigenvalue weighted by atomic mass is 9.92. The van der Waals surface area contributed by atoms with Gasteiger partial charge in [-0.1, -0.05) is 27.2 Å². The predicted molar refractivity (Wildman–Crippen MR) is 62.4 cm³/mol. The summed E-state index contributed by atoms with van der Waals surface area (Å²) >= 11 is 0. The number of amides is 1. The van der Waals surface area contributed by atoms with Gasteiger partial charge in [0.15, 0.2) is 0 Å². The molecule has 0 aromatic carbocycles. The highest BCUT2D eigenvalue weighted by Crippen LogP contribution is 2.24. The van der Waals surface area contributed by atoms with Crippen molar-refractivity contribution in [2.24, 2.45) is 17.1 Å². The molecule has 0 unspecified atom stereocenters. The fourth-order valence-electron chi connectivity index (χ4n) is 2.01. The van der Waals surface area contributed by atoms with Crippen LogP contribution in [0.15, 0.2) is 0 Å². The predicted octanol–water partition coefficient (Wildman–Crippen LogP) is 1.67. The molecular weight excluding hydrogens is 188 g/mol. The molecule has 88 valence electrons. The van der Waals surface area contributed by atoms with Gasteiger partial charge in [-0.05, 0) is 24.7 Å². The molecule has 0 heterocycles. The Kier molecular flexibility index (Phi) is 4.14. The Morgan fingerprint density at radius 1 is 1.40 bits per heavy atom. The van der Waals surface area contributed by atoms with Crippen LogP contribution in [0.5, 0.6) is 0 Å². The lowest BCUT2D eigenvalue weighted by molar-refractivity contribution is -0.125. The largest absolute Gasteiger partial charge is 0.356 e. The summed E-state index contributed by atoms with van der Waals surface area (Å²) in [5.74, 6) is 0.217. The molecule has 15 heavy (non-hydrogen) atoms. The lowest BCUT2D eigenvalue weighted by Gasteiger charge is -2.20. The van der Waals surface area contributed by atoms with Gasteiger partial charge < -0.3 is 11.1 Å². The van der Waals surface area contributed by atoms with E-state index in [1.54, 1.807) is 0 Å². The van der Waals surface area contributed by atoms with Crippen LogP contribution in [0.3, 0.4) is 0 Å². The number of nitrogens with one attached hydrogen (secondary N) is 1. The average Bonchev–Trinajstić information content (AvgIpc) is 2.48. The topological polar surface area (TPSA) is 55.1 Å². The van der Waals surface area contributed by atoms with E-state index in [4.69, 9.17) is 5.73 Å². The van der Waals surface area contributed by atoms with E-state index in [1.807, 2.05) is 0 Å². The minimum Gasteiger partial charge on any atom is -0.356 e. The van der Waals surface area contributed by atoms with Crippen LogP contribution < -0.4 is 11.1 Å². The van der Waals surface area contributed by atoms with Crippen LogP contribution in [-0.4, -0.2) is 18.5 Å². The molecule has 1 fully saturated rings. The Labute approximate surface area is 92.8 Å². The zero-order valence-corrected chi connectivity index (χ0v) is 10.2. The first kappa shape index (κ1) is 12.5. The van der Waals surface area contributed by atoms with Crippen molar-refractivity contribution in [3.8, 4) is 0 Å². The first-order valence-electron chi connectivity index (χ1n) is 5.93. The second-order valence-electron chi connectivity index (χ2n) is 5.80. The fraction of sp³-hybridized carbons (Fsp3) is 0.917. The van der Waals surface area contributed by atoms with E-state index < -0.39 is 0 Å². The maximum atomic E-state index is 11.8. The van der Waals surface area contributed by atoms with Crippen molar-refractivity contribution in [2.45, 2.75) is 52.5 Å². The van der Waals surface area contributed by atoms with Gasteiger partial charge >= 0.3 is 0 Å². The summed E-state index contributed by atoms with van der Waals surface area (Å²) in [5, 5.41) is 2.99. The summed E-state index contributed by atoms with van der Waals surface area (Å²) in [6.07, 6.45) is 4.07. The van der Waals surface area contributed by atoms with Crippen LogP contribution in [0.2, 0.25) is 0 Å². The van der Waals surface area contributed by atoms with Crippen LogP contribution in [0.25, 0.3) is 0 Å². The van der Waals surface area contributed by atoms with E-state index in [-0.39, 0.29) is 23.3 Å². The van der Waals surface area contributed by atoms with Gasteiger partial charge in [0.2, 0.25) is 5.91 Å². The smallest absolute Gasteiger partial charge is 0.224 e. The molecule has 1 amide bonds. The summed E-state index contributed by atoms with van der Waals surface area (Å²) in [6.45, 7) is 7.31. The molecule has 3 nitrogen and oxygen atoms in total. The summed E-state index contributed by atoms with van der Waals surface area (Å²) in [7, 11) is 0. The summed E-state index contributed by atoms with van der Waals surface area (Å²) in [6, 6.07) is 0.0830. The highest BCUT2D eigenvalue weighted by molar-refractivity contribution is 5.79. The first-order chi connectivity index (χ1) is 6.90. The minimum atomic E-state index is 0.0602. The van der Waals surface area contributed by atoms with Crippen LogP contribution in [0, 0.1) is 11.3 Å². The zero-order valence-electron chi connectivity index (χ0n) is 10.2. The normalized spacial score (nSPS) is 26.7. The van der Waals surface area contributed by atoms with Crippen molar-refractivity contribution < 1.29 is 4.79 Å². The SMILES string of the molecule is CC(C)(C)CCNC(=O)[C@@H]1CCC[C@@H]1N. The molecule has 0 aromatic rings. The molecule has 0 spiro atoms. The van der Waals surface area contributed by atoms with Gasteiger partial charge in [0.1, 0.15) is 0 Å². The van der Waals surface area contributed by atoms with Gasteiger partial charge in [0, 0.05) is 12.6 Å². The maximum absolute atomic E-state index is 11.8. The third kappa shape index (κ3) is 4.20. The molecule has 1 saturated carbocycles. The van der Waals surface area contributed by atoms with E-state index in [2.05, 4.69) is 26.1 Å². The van der Waals surface area contributed by atoms with Crippen LogP contribution in [0.1, 0.15) is 46.5 Å². The molecular formula is C12H24N2O. The lowest BCUT2D eigenvalue weighted by Crippen LogP contribution is -2.39. The minimum absolute atomic E-state index is 0.0602. The van der Waals surface area contributed by atoms with Gasteiger partial charge in [0.25, 0.3) is 0 Å². The number of nitrogens with two attached hydrogens (primary N) is 1. The summed E-state index contributed by atoms with van der Waals surface area (Å²) in [5.41, 5.74) is 6.16. The zero-order chi connectivity index (χ0) is 11.5. The number of rotatable bonds is 3. The Balaban J connectivity index is 2.24. The molecule has 0 saturated heterocycles. The van der Waals surface area contributed by atoms with Crippen molar-refractivity contribution in [2.75, 3.05) is 6.54 Å². The van der Waals surface area contributed by atoms with Gasteiger partial charge in [-0.25, -0.2) is 0 Å². The molecule has 1 aliphatic rings. The monoisotopic (exact) mass is 212 g/mol. The van der Waals surface area contributed by atoms with Gasteiger partial charge in [-0.3, -0.25) is 4.79 Å². The van der Waals surface area contributed by atoms with Crippen molar-refractivity contribution in [1.29, 1.82) is 0 Å². The number of hydrogen-bond donors (Lipinski definition) is 2. The molecule has 0 bridgehead atoms. The fourth-order valence-corrected chi connectivity index (χ4v) is 2.01. The standard InChI is InChI=1S/C12H24N2O/c1-12(2,3)7-8-14-11(15)9-5-4-6-10(9)13/h9-10H,4-8,13H2,1-3H3,(H,14,15)/t9-,10+/m1/s1. The molecule has 3 N–H and O–H groups in total. The first-order valence-corrected chi connectivity index (χ1v) is 5.93. The number of carbonyl (C=O) groups is 1. The van der Waals surface area contributed by atoms with E-state index in [9.17, 15) is 4.79 Å². The van der Waals surface area contributed by atoms with Crippen molar-refractivity contribution in [3.63, 3.8) is 0 Å². The van der Waals surface area contributed by atoms with Gasteiger partial charge in [0.05, 0.1) is 5.92 Å². The highest BCUT2D eigenvalue weighted by atomic mass is 16.1. The van der Waals surface area contributed by atoms with E-state index in [1.165, 1.54) is 0 Å². The Morgan fingerprint density at radius 3 is 2.53 bits per heavy atom. The molecule has 1 aliphatic carbocycles. The maximum Gasteiger partial charge on any atom is 0.224 e. The van der Waals surface area contributed by atoms with Crippen LogP contribution in [-0.2, 0) is 4.79 Å². The number of carbonyl (C=O) groups excluding carboxylic acids is 1. The Bertz CT molecular complexity index is 220. The van der Waals surface area contributed by atoms with E-state index in [0.717, 1.165) is 32.2 Å². The highest BCUT2D eigenvalue weighted by Gasteiger charge is 2.29. The summed E-state index contributed by atoms with van der Waals surface area (Å²) in [4.78, 5) is 11.8. The average molecular weight is 212 g/mol. The van der Waals surface area contributed by atoms with Crippen molar-refractivity contribution in [3.05, 3.63) is 0 Å². The molecule has 1 rings (SSSR count). The third-order valence-electron chi connectivity index (χ3n) is 3.08. The second kappa shape index (κ2) is 4.97.